The van der Waals surface area contributed by atoms with Gasteiger partial charge in [0.25, 0.3) is 0 Å². The Labute approximate surface area is 125 Å². The lowest BCUT2D eigenvalue weighted by atomic mass is 10.0. The van der Waals surface area contributed by atoms with Crippen LogP contribution in [0.2, 0.25) is 0 Å². The second-order valence-electron chi connectivity index (χ2n) is 4.95. The second-order valence-corrected chi connectivity index (χ2v) is 4.95. The van der Waals surface area contributed by atoms with Crippen LogP contribution in [-0.4, -0.2) is 18.5 Å². The number of rotatable bonds is 6. The lowest BCUT2D eigenvalue weighted by Crippen LogP contribution is -2.07. The monoisotopic (exact) mass is 284 g/mol. The number of hydrogen-bond donors (Lipinski definition) is 0. The van der Waals surface area contributed by atoms with Crippen molar-refractivity contribution in [3.63, 3.8) is 0 Å². The maximum absolute atomic E-state index is 12.6. The predicted molar refractivity (Wildman–Crippen MR) is 83.2 cm³/mol. The van der Waals surface area contributed by atoms with Crippen LogP contribution in [0.4, 0.5) is 0 Å². The fourth-order valence-electron chi connectivity index (χ4n) is 2.05. The summed E-state index contributed by atoms with van der Waals surface area (Å²) in [4.78, 5) is 12.6. The zero-order valence-electron chi connectivity index (χ0n) is 12.6. The first-order chi connectivity index (χ1) is 10.1. The number of ether oxygens (including phenoxy) is 2. The van der Waals surface area contributed by atoms with Crippen molar-refractivity contribution < 1.29 is 14.3 Å². The Kier molecular flexibility index (Phi) is 4.99. The summed E-state index contributed by atoms with van der Waals surface area (Å²) in [7, 11) is 0. The van der Waals surface area contributed by atoms with E-state index in [0.717, 1.165) is 5.75 Å². The van der Waals surface area contributed by atoms with Crippen molar-refractivity contribution in [3.8, 4) is 11.5 Å². The molecule has 110 valence electrons. The van der Waals surface area contributed by atoms with E-state index in [4.69, 9.17) is 9.47 Å². The molecule has 0 amide bonds. The van der Waals surface area contributed by atoms with Crippen LogP contribution in [0.5, 0.6) is 11.5 Å². The maximum atomic E-state index is 12.6. The minimum Gasteiger partial charge on any atom is -0.493 e. The first-order valence-electron chi connectivity index (χ1n) is 7.15. The molecule has 0 bridgehead atoms. The summed E-state index contributed by atoms with van der Waals surface area (Å²) in [6, 6.07) is 14.5. The van der Waals surface area contributed by atoms with E-state index in [-0.39, 0.29) is 11.9 Å². The highest BCUT2D eigenvalue weighted by molar-refractivity contribution is 6.10. The summed E-state index contributed by atoms with van der Waals surface area (Å²) in [5, 5.41) is 0. The topological polar surface area (TPSA) is 35.5 Å². The molecule has 0 unspecified atom stereocenters. The average molecular weight is 284 g/mol. The molecule has 0 aliphatic heterocycles. The molecule has 2 rings (SSSR count). The quantitative estimate of drug-likeness (QED) is 0.749. The summed E-state index contributed by atoms with van der Waals surface area (Å²) in [5.74, 6) is 1.34. The molecule has 0 fully saturated rings. The molecule has 3 heteroatoms. The van der Waals surface area contributed by atoms with Gasteiger partial charge in [0, 0.05) is 5.56 Å². The molecule has 0 spiro atoms. The molecule has 0 aliphatic rings. The Hall–Kier alpha value is -2.29. The number of hydrogen-bond acceptors (Lipinski definition) is 3. The van der Waals surface area contributed by atoms with Gasteiger partial charge in [-0.05, 0) is 57.2 Å². The smallest absolute Gasteiger partial charge is 0.196 e. The van der Waals surface area contributed by atoms with Crippen LogP contribution in [0.1, 0.15) is 36.7 Å². The molecular weight excluding hydrogens is 264 g/mol. The zero-order valence-corrected chi connectivity index (χ0v) is 12.6. The van der Waals surface area contributed by atoms with Gasteiger partial charge in [0.2, 0.25) is 0 Å². The molecule has 3 nitrogen and oxygen atoms in total. The third-order valence-electron chi connectivity index (χ3n) is 2.92. The van der Waals surface area contributed by atoms with Crippen LogP contribution >= 0.6 is 0 Å². The van der Waals surface area contributed by atoms with Gasteiger partial charge >= 0.3 is 0 Å². The Morgan fingerprint density at radius 1 is 1.05 bits per heavy atom. The van der Waals surface area contributed by atoms with Crippen LogP contribution < -0.4 is 9.47 Å². The van der Waals surface area contributed by atoms with E-state index in [1.54, 1.807) is 18.2 Å². The van der Waals surface area contributed by atoms with Crippen LogP contribution in [-0.2, 0) is 0 Å². The van der Waals surface area contributed by atoms with Gasteiger partial charge in [-0.3, -0.25) is 4.79 Å². The van der Waals surface area contributed by atoms with Crippen LogP contribution in [0.3, 0.4) is 0 Å². The summed E-state index contributed by atoms with van der Waals surface area (Å²) >= 11 is 0. The SMILES string of the molecule is CCOc1ccccc1C(=O)c1ccc(OC(C)C)cc1. The van der Waals surface area contributed by atoms with E-state index in [0.29, 0.717) is 23.5 Å². The molecule has 0 aliphatic carbocycles. The Balaban J connectivity index is 2.24. The molecule has 0 heterocycles. The van der Waals surface area contributed by atoms with E-state index >= 15 is 0 Å². The van der Waals surface area contributed by atoms with E-state index in [9.17, 15) is 4.79 Å². The molecule has 2 aromatic rings. The summed E-state index contributed by atoms with van der Waals surface area (Å²) in [6.45, 7) is 6.37. The Morgan fingerprint density at radius 2 is 1.71 bits per heavy atom. The highest BCUT2D eigenvalue weighted by Gasteiger charge is 2.14. The second kappa shape index (κ2) is 6.93. The molecular formula is C18H20O3. The van der Waals surface area contributed by atoms with Crippen molar-refractivity contribution in [1.82, 2.24) is 0 Å². The van der Waals surface area contributed by atoms with Gasteiger partial charge in [0.1, 0.15) is 11.5 Å². The molecule has 0 saturated carbocycles. The minimum atomic E-state index is -0.0462. The largest absolute Gasteiger partial charge is 0.493 e. The molecule has 2 aromatic carbocycles. The maximum Gasteiger partial charge on any atom is 0.196 e. The van der Waals surface area contributed by atoms with Crippen molar-refractivity contribution in [3.05, 3.63) is 59.7 Å². The highest BCUT2D eigenvalue weighted by Crippen LogP contribution is 2.23. The summed E-state index contributed by atoms with van der Waals surface area (Å²) < 4.78 is 11.1. The Bertz CT molecular complexity index is 600. The third kappa shape index (κ3) is 3.85. The van der Waals surface area contributed by atoms with E-state index in [1.807, 2.05) is 51.1 Å². The fourth-order valence-corrected chi connectivity index (χ4v) is 2.05. The van der Waals surface area contributed by atoms with Crippen molar-refractivity contribution in [2.45, 2.75) is 26.9 Å². The van der Waals surface area contributed by atoms with Crippen molar-refractivity contribution >= 4 is 5.78 Å². The molecule has 0 aromatic heterocycles. The highest BCUT2D eigenvalue weighted by atomic mass is 16.5. The molecule has 0 atom stereocenters. The van der Waals surface area contributed by atoms with Gasteiger partial charge in [-0.1, -0.05) is 12.1 Å². The van der Waals surface area contributed by atoms with Crippen LogP contribution in [0, 0.1) is 0 Å². The molecule has 0 N–H and O–H groups in total. The number of ketones is 1. The first-order valence-corrected chi connectivity index (χ1v) is 7.15. The minimum absolute atomic E-state index is 0.0462. The van der Waals surface area contributed by atoms with Crippen LogP contribution in [0.15, 0.2) is 48.5 Å². The third-order valence-corrected chi connectivity index (χ3v) is 2.92. The van der Waals surface area contributed by atoms with Gasteiger partial charge in [0.15, 0.2) is 5.78 Å². The number of carbonyl (C=O) groups excluding carboxylic acids is 1. The molecule has 0 radical (unpaired) electrons. The predicted octanol–water partition coefficient (Wildman–Crippen LogP) is 4.10. The molecule has 0 saturated heterocycles. The van der Waals surface area contributed by atoms with E-state index in [2.05, 4.69) is 0 Å². The zero-order chi connectivity index (χ0) is 15.2. The Morgan fingerprint density at radius 3 is 2.33 bits per heavy atom. The van der Waals surface area contributed by atoms with Gasteiger partial charge in [-0.2, -0.15) is 0 Å². The number of para-hydroxylation sites is 1. The molecule has 21 heavy (non-hydrogen) atoms. The standard InChI is InChI=1S/C18H20O3/c1-4-20-17-8-6-5-7-16(17)18(19)14-9-11-15(12-10-14)21-13(2)3/h5-13H,4H2,1-3H3. The van der Waals surface area contributed by atoms with Crippen molar-refractivity contribution in [2.24, 2.45) is 0 Å². The lowest BCUT2D eigenvalue weighted by Gasteiger charge is -2.11. The number of carbonyl (C=O) groups is 1. The summed E-state index contributed by atoms with van der Waals surface area (Å²) in [6.07, 6.45) is 0.116. The van der Waals surface area contributed by atoms with E-state index in [1.165, 1.54) is 0 Å². The van der Waals surface area contributed by atoms with Gasteiger partial charge in [0.05, 0.1) is 18.3 Å². The number of benzene rings is 2. The van der Waals surface area contributed by atoms with E-state index < -0.39 is 0 Å². The van der Waals surface area contributed by atoms with Gasteiger partial charge < -0.3 is 9.47 Å². The van der Waals surface area contributed by atoms with Crippen molar-refractivity contribution in [1.29, 1.82) is 0 Å². The van der Waals surface area contributed by atoms with Gasteiger partial charge in [-0.15, -0.1) is 0 Å². The lowest BCUT2D eigenvalue weighted by molar-refractivity contribution is 0.103. The van der Waals surface area contributed by atoms with Gasteiger partial charge in [-0.25, -0.2) is 0 Å². The average Bonchev–Trinajstić information content (AvgIpc) is 2.48. The van der Waals surface area contributed by atoms with Crippen LogP contribution in [0.25, 0.3) is 0 Å². The van der Waals surface area contributed by atoms with Crippen molar-refractivity contribution in [2.75, 3.05) is 6.61 Å². The summed E-state index contributed by atoms with van der Waals surface area (Å²) in [5.41, 5.74) is 1.20. The first kappa shape index (κ1) is 15.1. The normalized spacial score (nSPS) is 10.5. The fraction of sp³-hybridized carbons (Fsp3) is 0.278.